The second-order valence-electron chi connectivity index (χ2n) is 8.32. The molecule has 6 rings (SSSR count). The van der Waals surface area contributed by atoms with Crippen LogP contribution >= 0.6 is 0 Å². The molecule has 0 atom stereocenters. The number of phenolic OH excluding ortho intramolecular Hbond substituents is 2. The molecule has 0 saturated heterocycles. The van der Waals surface area contributed by atoms with Gasteiger partial charge in [0.15, 0.2) is 11.6 Å². The molecule has 0 aliphatic heterocycles. The van der Waals surface area contributed by atoms with E-state index in [-0.39, 0.29) is 28.4 Å². The van der Waals surface area contributed by atoms with Crippen LogP contribution in [0.1, 0.15) is 31.8 Å². The monoisotopic (exact) mass is 442 g/mol. The van der Waals surface area contributed by atoms with Gasteiger partial charge in [-0.25, -0.2) is 0 Å². The lowest BCUT2D eigenvalue weighted by atomic mass is 9.83. The average molecular weight is 442 g/mol. The molecule has 0 fully saturated rings. The molecule has 6 aromatic carbocycles. The van der Waals surface area contributed by atoms with Gasteiger partial charge >= 0.3 is 0 Å². The van der Waals surface area contributed by atoms with E-state index in [0.29, 0.717) is 32.7 Å². The molecule has 162 valence electrons. The first kappa shape index (κ1) is 19.9. The Morgan fingerprint density at radius 2 is 1.03 bits per heavy atom. The molecule has 0 aliphatic carbocycles. The summed E-state index contributed by atoms with van der Waals surface area (Å²) < 4.78 is 0. The maximum Gasteiger partial charge on any atom is 0.197 e. The van der Waals surface area contributed by atoms with Gasteiger partial charge in [0.1, 0.15) is 11.5 Å². The zero-order valence-electron chi connectivity index (χ0n) is 17.9. The van der Waals surface area contributed by atoms with Gasteiger partial charge in [-0.05, 0) is 29.0 Å². The predicted octanol–water partition coefficient (Wildman–Crippen LogP) is 6.46. The Bertz CT molecular complexity index is 1740. The highest BCUT2D eigenvalue weighted by molar-refractivity contribution is 6.34. The van der Waals surface area contributed by atoms with Crippen molar-refractivity contribution in [1.29, 1.82) is 0 Å². The second kappa shape index (κ2) is 7.42. The third-order valence-electron chi connectivity index (χ3n) is 6.43. The van der Waals surface area contributed by atoms with E-state index in [2.05, 4.69) is 0 Å². The molecule has 0 bridgehead atoms. The standard InChI is InChI=1S/C30H18O4/c31-23-16-12-17-11-13-21-25-22(15-14-20(23)24(17)25)30(34)27(29(33)19-9-5-2-6-10-19)26(21)28(32)18-7-3-1-4-8-18/h1-16,31,34H. The van der Waals surface area contributed by atoms with Crippen molar-refractivity contribution in [2.45, 2.75) is 0 Å². The number of rotatable bonds is 4. The van der Waals surface area contributed by atoms with Crippen molar-refractivity contribution in [3.63, 3.8) is 0 Å². The summed E-state index contributed by atoms with van der Waals surface area (Å²) in [6.45, 7) is 0. The molecular weight excluding hydrogens is 424 g/mol. The molecule has 0 aromatic heterocycles. The quantitative estimate of drug-likeness (QED) is 0.243. The van der Waals surface area contributed by atoms with Crippen LogP contribution in [0.2, 0.25) is 0 Å². The Kier molecular flexibility index (Phi) is 4.36. The number of ketones is 2. The van der Waals surface area contributed by atoms with E-state index >= 15 is 0 Å². The van der Waals surface area contributed by atoms with Crippen LogP contribution in [-0.4, -0.2) is 21.8 Å². The van der Waals surface area contributed by atoms with E-state index in [1.807, 2.05) is 18.2 Å². The normalized spacial score (nSPS) is 11.4. The minimum Gasteiger partial charge on any atom is -0.507 e. The molecule has 0 spiro atoms. The molecule has 6 aromatic rings. The van der Waals surface area contributed by atoms with Crippen LogP contribution in [0.4, 0.5) is 0 Å². The molecule has 4 heteroatoms. The Morgan fingerprint density at radius 3 is 1.68 bits per heavy atom. The van der Waals surface area contributed by atoms with Gasteiger partial charge in [-0.2, -0.15) is 0 Å². The highest BCUT2D eigenvalue weighted by atomic mass is 16.3. The topological polar surface area (TPSA) is 74.6 Å². The fourth-order valence-corrected chi connectivity index (χ4v) is 4.85. The third-order valence-corrected chi connectivity index (χ3v) is 6.43. The van der Waals surface area contributed by atoms with E-state index in [1.165, 1.54) is 0 Å². The number of carbonyl (C=O) groups excluding carboxylic acids is 2. The molecule has 0 unspecified atom stereocenters. The van der Waals surface area contributed by atoms with Crippen molar-refractivity contribution in [2.75, 3.05) is 0 Å². The third kappa shape index (κ3) is 2.79. The lowest BCUT2D eigenvalue weighted by molar-refractivity contribution is 0.100. The molecule has 34 heavy (non-hydrogen) atoms. The van der Waals surface area contributed by atoms with E-state index in [9.17, 15) is 19.8 Å². The van der Waals surface area contributed by atoms with Crippen LogP contribution in [0.3, 0.4) is 0 Å². The Labute approximate surface area is 194 Å². The van der Waals surface area contributed by atoms with Gasteiger partial charge in [0, 0.05) is 38.2 Å². The highest BCUT2D eigenvalue weighted by Gasteiger charge is 2.29. The van der Waals surface area contributed by atoms with Crippen LogP contribution in [0.5, 0.6) is 11.5 Å². The lowest BCUT2D eigenvalue weighted by Gasteiger charge is -2.19. The minimum atomic E-state index is -0.425. The van der Waals surface area contributed by atoms with Crippen LogP contribution in [0.25, 0.3) is 32.3 Å². The molecule has 0 radical (unpaired) electrons. The summed E-state index contributed by atoms with van der Waals surface area (Å²) in [5.74, 6) is -0.900. The largest absolute Gasteiger partial charge is 0.507 e. The first-order chi connectivity index (χ1) is 16.6. The van der Waals surface area contributed by atoms with Gasteiger partial charge in [-0.1, -0.05) is 78.9 Å². The fourth-order valence-electron chi connectivity index (χ4n) is 4.85. The van der Waals surface area contributed by atoms with E-state index < -0.39 is 5.78 Å². The minimum absolute atomic E-state index is 0.0184. The maximum absolute atomic E-state index is 13.9. The Balaban J connectivity index is 1.80. The molecule has 2 N–H and O–H groups in total. The van der Waals surface area contributed by atoms with E-state index in [4.69, 9.17) is 0 Å². The summed E-state index contributed by atoms with van der Waals surface area (Å²) in [6, 6.07) is 27.9. The molecule has 0 aliphatic rings. The number of carbonyl (C=O) groups is 2. The van der Waals surface area contributed by atoms with Crippen molar-refractivity contribution in [1.82, 2.24) is 0 Å². The Morgan fingerprint density at radius 1 is 0.500 bits per heavy atom. The molecular formula is C30H18O4. The fraction of sp³-hybridized carbons (Fsp3) is 0. The summed E-state index contributed by atoms with van der Waals surface area (Å²) >= 11 is 0. The van der Waals surface area contributed by atoms with Crippen molar-refractivity contribution in [3.05, 3.63) is 119 Å². The van der Waals surface area contributed by atoms with Crippen LogP contribution in [0.15, 0.2) is 97.1 Å². The van der Waals surface area contributed by atoms with Gasteiger partial charge in [0.05, 0.1) is 5.56 Å². The first-order valence-electron chi connectivity index (χ1n) is 10.9. The summed E-state index contributed by atoms with van der Waals surface area (Å²) in [5.41, 5.74) is 0.935. The van der Waals surface area contributed by atoms with Crippen molar-refractivity contribution in [2.24, 2.45) is 0 Å². The number of aromatic hydroxyl groups is 2. The number of phenols is 2. The number of hydrogen-bond acceptors (Lipinski definition) is 4. The summed E-state index contributed by atoms with van der Waals surface area (Å²) in [4.78, 5) is 27.5. The first-order valence-corrected chi connectivity index (χ1v) is 10.9. The van der Waals surface area contributed by atoms with E-state index in [1.54, 1.807) is 78.9 Å². The average Bonchev–Trinajstić information content (AvgIpc) is 2.89. The molecule has 0 heterocycles. The van der Waals surface area contributed by atoms with Gasteiger partial charge in [0.2, 0.25) is 0 Å². The summed E-state index contributed by atoms with van der Waals surface area (Å²) in [5, 5.41) is 25.8. The van der Waals surface area contributed by atoms with Crippen molar-refractivity contribution < 1.29 is 19.8 Å². The van der Waals surface area contributed by atoms with E-state index in [0.717, 1.165) is 10.8 Å². The SMILES string of the molecule is O=C(c1ccccc1)c1c(O)c2ccc3c(O)ccc4ccc(c1C(=O)c1ccccc1)c2c43. The molecule has 0 saturated carbocycles. The molecule has 4 nitrogen and oxygen atoms in total. The van der Waals surface area contributed by atoms with Crippen LogP contribution in [0, 0.1) is 0 Å². The number of benzene rings is 6. The highest BCUT2D eigenvalue weighted by Crippen LogP contribution is 2.45. The van der Waals surface area contributed by atoms with Gasteiger partial charge in [-0.15, -0.1) is 0 Å². The zero-order chi connectivity index (χ0) is 23.4. The lowest BCUT2D eigenvalue weighted by Crippen LogP contribution is -2.13. The zero-order valence-corrected chi connectivity index (χ0v) is 17.9. The van der Waals surface area contributed by atoms with Crippen molar-refractivity contribution >= 4 is 43.9 Å². The summed E-state index contributed by atoms with van der Waals surface area (Å²) in [6.07, 6.45) is 0. The second-order valence-corrected chi connectivity index (χ2v) is 8.32. The van der Waals surface area contributed by atoms with Crippen LogP contribution < -0.4 is 0 Å². The van der Waals surface area contributed by atoms with Crippen LogP contribution in [-0.2, 0) is 0 Å². The summed E-state index contributed by atoms with van der Waals surface area (Å²) in [7, 11) is 0. The predicted molar refractivity (Wildman–Crippen MR) is 133 cm³/mol. The maximum atomic E-state index is 13.9. The van der Waals surface area contributed by atoms with Gasteiger partial charge in [-0.3, -0.25) is 9.59 Å². The Hall–Kier alpha value is -4.70. The smallest absolute Gasteiger partial charge is 0.197 e. The van der Waals surface area contributed by atoms with Gasteiger partial charge < -0.3 is 10.2 Å². The van der Waals surface area contributed by atoms with Crippen molar-refractivity contribution in [3.8, 4) is 11.5 Å². The number of hydrogen-bond donors (Lipinski definition) is 2. The van der Waals surface area contributed by atoms with Gasteiger partial charge in [0.25, 0.3) is 0 Å². The molecule has 0 amide bonds.